The third-order valence-electron chi connectivity index (χ3n) is 7.89. The molecule has 0 saturated heterocycles. The number of aliphatic carboxylic acids is 1. The van der Waals surface area contributed by atoms with Gasteiger partial charge in [-0.15, -0.1) is 0 Å². The zero-order valence-corrected chi connectivity index (χ0v) is 30.0. The molecular formula is C32H63N11O8. The van der Waals surface area contributed by atoms with E-state index in [-0.39, 0.29) is 32.2 Å². The Hall–Kier alpha value is -3.91. The van der Waals surface area contributed by atoms with Crippen LogP contribution in [-0.2, 0) is 33.6 Å². The van der Waals surface area contributed by atoms with Crippen molar-refractivity contribution in [2.45, 2.75) is 121 Å². The molecule has 0 bridgehead atoms. The number of carbonyl (C=O) groups is 7. The van der Waals surface area contributed by atoms with Crippen LogP contribution >= 0.6 is 0 Å². The third kappa shape index (κ3) is 21.8. The summed E-state index contributed by atoms with van der Waals surface area (Å²) in [6.45, 7) is 2.07. The maximum absolute atomic E-state index is 13.7. The molecule has 0 unspecified atom stereocenters. The van der Waals surface area contributed by atoms with E-state index in [2.05, 4.69) is 31.9 Å². The molecule has 0 fully saturated rings. The Morgan fingerprint density at radius 2 is 0.882 bits per heavy atom. The fourth-order valence-corrected chi connectivity index (χ4v) is 4.88. The van der Waals surface area contributed by atoms with Crippen molar-refractivity contribution in [3.8, 4) is 0 Å². The van der Waals surface area contributed by atoms with Crippen molar-refractivity contribution in [1.29, 1.82) is 0 Å². The van der Waals surface area contributed by atoms with Gasteiger partial charge < -0.3 is 65.7 Å². The first-order valence-corrected chi connectivity index (χ1v) is 17.9. The lowest BCUT2D eigenvalue weighted by atomic mass is 10.0. The van der Waals surface area contributed by atoms with Gasteiger partial charge in [0.15, 0.2) is 0 Å². The van der Waals surface area contributed by atoms with Crippen LogP contribution in [0.25, 0.3) is 0 Å². The van der Waals surface area contributed by atoms with Gasteiger partial charge in [0, 0.05) is 0 Å². The van der Waals surface area contributed by atoms with Crippen LogP contribution in [0.4, 0.5) is 0 Å². The van der Waals surface area contributed by atoms with E-state index in [0.717, 1.165) is 0 Å². The molecule has 0 aromatic heterocycles. The Bertz CT molecular complexity index is 1080. The van der Waals surface area contributed by atoms with Gasteiger partial charge in [-0.25, -0.2) is 0 Å². The number of hydrogen-bond acceptors (Lipinski definition) is 12. The first kappa shape index (κ1) is 47.1. The van der Waals surface area contributed by atoms with E-state index in [9.17, 15) is 33.6 Å². The maximum atomic E-state index is 13.7. The summed E-state index contributed by atoms with van der Waals surface area (Å²) in [5.74, 6) is -5.10. The van der Waals surface area contributed by atoms with E-state index in [1.54, 1.807) is 0 Å². The molecule has 0 radical (unpaired) electrons. The van der Waals surface area contributed by atoms with Gasteiger partial charge in [-0.2, -0.15) is 0 Å². The van der Waals surface area contributed by atoms with Gasteiger partial charge in [0.2, 0.25) is 35.4 Å². The molecule has 17 N–H and O–H groups in total. The van der Waals surface area contributed by atoms with Crippen LogP contribution in [0.3, 0.4) is 0 Å². The topological polar surface area (TPSA) is 342 Å². The summed E-state index contributed by atoms with van der Waals surface area (Å²) in [6.07, 6.45) is 5.41. The summed E-state index contributed by atoms with van der Waals surface area (Å²) in [4.78, 5) is 89.1. The van der Waals surface area contributed by atoms with Crippen molar-refractivity contribution < 1.29 is 38.7 Å². The van der Waals surface area contributed by atoms with Crippen LogP contribution in [0.5, 0.6) is 0 Å². The Kier molecular flexibility index (Phi) is 26.5. The van der Waals surface area contributed by atoms with Crippen LogP contribution in [0.1, 0.15) is 90.4 Å². The van der Waals surface area contributed by atoms with Gasteiger partial charge in [-0.1, -0.05) is 19.8 Å². The number of carbonyl (C=O) groups excluding carboxylic acids is 6. The molecule has 6 amide bonds. The smallest absolute Gasteiger partial charge is 0.322 e. The van der Waals surface area contributed by atoms with Crippen LogP contribution in [0.2, 0.25) is 0 Å². The summed E-state index contributed by atoms with van der Waals surface area (Å²) in [5, 5.41) is 24.0. The molecule has 0 heterocycles. The zero-order valence-electron chi connectivity index (χ0n) is 30.0. The molecule has 0 aliphatic rings. The van der Waals surface area contributed by atoms with Crippen molar-refractivity contribution >= 4 is 41.4 Å². The lowest BCUT2D eigenvalue weighted by Crippen LogP contribution is -2.59. The summed E-state index contributed by atoms with van der Waals surface area (Å²) in [5.41, 5.74) is 28.5. The second-order valence-corrected chi connectivity index (χ2v) is 12.3. The zero-order chi connectivity index (χ0) is 38.6. The predicted molar refractivity (Wildman–Crippen MR) is 191 cm³/mol. The number of nitrogens with two attached hydrogens (primary N) is 5. The van der Waals surface area contributed by atoms with Crippen molar-refractivity contribution in [2.24, 2.45) is 28.7 Å². The first-order chi connectivity index (χ1) is 24.3. The molecule has 0 rings (SSSR count). The maximum Gasteiger partial charge on any atom is 0.322 e. The molecule has 19 nitrogen and oxygen atoms in total. The number of rotatable bonds is 30. The van der Waals surface area contributed by atoms with E-state index in [0.29, 0.717) is 77.4 Å². The average Bonchev–Trinajstić information content (AvgIpc) is 3.10. The molecule has 19 heteroatoms. The molecule has 0 saturated carbocycles. The molecule has 0 aliphatic heterocycles. The summed E-state index contributed by atoms with van der Waals surface area (Å²) in [6, 6.07) is -5.16. The molecule has 0 spiro atoms. The van der Waals surface area contributed by atoms with E-state index >= 15 is 0 Å². The van der Waals surface area contributed by atoms with Crippen molar-refractivity contribution in [3.05, 3.63) is 0 Å². The Labute approximate surface area is 300 Å². The summed E-state index contributed by atoms with van der Waals surface area (Å²) >= 11 is 0. The minimum atomic E-state index is -1.25. The van der Waals surface area contributed by atoms with Crippen molar-refractivity contribution in [2.75, 3.05) is 39.3 Å². The lowest BCUT2D eigenvalue weighted by molar-refractivity contribution is -0.138. The van der Waals surface area contributed by atoms with Crippen molar-refractivity contribution in [3.63, 3.8) is 0 Å². The second kappa shape index (κ2) is 28.8. The van der Waals surface area contributed by atoms with Gasteiger partial charge in [0.25, 0.3) is 0 Å². The lowest BCUT2D eigenvalue weighted by Gasteiger charge is -2.27. The number of hydrogen-bond donors (Lipinski definition) is 12. The molecule has 51 heavy (non-hydrogen) atoms. The van der Waals surface area contributed by atoms with Crippen LogP contribution < -0.4 is 60.6 Å². The first-order valence-electron chi connectivity index (χ1n) is 17.9. The van der Waals surface area contributed by atoms with Gasteiger partial charge in [-0.05, 0) is 96.8 Å². The number of carboxylic acids is 1. The third-order valence-corrected chi connectivity index (χ3v) is 7.89. The molecule has 294 valence electrons. The SMILES string of the molecule is CCCC[C@H](NC(=O)[C@H](CCCN)NC(=O)[C@H](CCCCN)NC(=O)[C@H](CCCCN)NC(=O)[C@@H](N)CCCN)C(=O)NCC(=O)NCC(=O)O. The minimum absolute atomic E-state index is 0.121. The Morgan fingerprint density at radius 1 is 0.490 bits per heavy atom. The van der Waals surface area contributed by atoms with Gasteiger partial charge in [-0.3, -0.25) is 33.6 Å². The molecule has 5 atom stereocenters. The highest BCUT2D eigenvalue weighted by Crippen LogP contribution is 2.09. The molecule has 0 aromatic carbocycles. The van der Waals surface area contributed by atoms with E-state index < -0.39 is 84.7 Å². The highest BCUT2D eigenvalue weighted by atomic mass is 16.4. The molecule has 0 aliphatic carbocycles. The summed E-state index contributed by atoms with van der Waals surface area (Å²) < 4.78 is 0. The number of unbranched alkanes of at least 4 members (excludes halogenated alkanes) is 3. The van der Waals surface area contributed by atoms with E-state index in [1.165, 1.54) is 0 Å². The van der Waals surface area contributed by atoms with Gasteiger partial charge >= 0.3 is 5.97 Å². The molecular weight excluding hydrogens is 666 g/mol. The quantitative estimate of drug-likeness (QED) is 0.0320. The predicted octanol–water partition coefficient (Wildman–Crippen LogP) is -3.50. The number of carboxylic acid groups (broad SMARTS) is 1. The summed E-state index contributed by atoms with van der Waals surface area (Å²) in [7, 11) is 0. The average molecular weight is 730 g/mol. The highest BCUT2D eigenvalue weighted by molar-refractivity contribution is 5.96. The van der Waals surface area contributed by atoms with Crippen LogP contribution in [0, 0.1) is 0 Å². The second-order valence-electron chi connectivity index (χ2n) is 12.3. The van der Waals surface area contributed by atoms with E-state index in [1.807, 2.05) is 6.92 Å². The van der Waals surface area contributed by atoms with Gasteiger partial charge in [0.1, 0.15) is 30.7 Å². The Balaban J connectivity index is 5.96. The number of amides is 6. The minimum Gasteiger partial charge on any atom is -0.480 e. The van der Waals surface area contributed by atoms with Crippen LogP contribution in [0.15, 0.2) is 0 Å². The fraction of sp³-hybridized carbons (Fsp3) is 0.781. The van der Waals surface area contributed by atoms with Gasteiger partial charge in [0.05, 0.1) is 12.6 Å². The van der Waals surface area contributed by atoms with E-state index in [4.69, 9.17) is 33.8 Å². The fourth-order valence-electron chi connectivity index (χ4n) is 4.88. The largest absolute Gasteiger partial charge is 0.480 e. The Morgan fingerprint density at radius 3 is 1.31 bits per heavy atom. The number of nitrogens with one attached hydrogen (secondary N) is 6. The monoisotopic (exact) mass is 729 g/mol. The van der Waals surface area contributed by atoms with Crippen molar-refractivity contribution in [1.82, 2.24) is 31.9 Å². The standard InChI is InChI=1S/C32H63N11O8/c1-2-3-11-22(29(48)39-19-26(44)38-20-27(45)46)41-32(51)25(14-9-18-36)43-31(50)24(13-5-7-16-34)42-30(49)23(12-4-6-15-33)40-28(47)21(37)10-8-17-35/h21-25H,2-20,33-37H2,1H3,(H,38,44)(H,39,48)(H,40,47)(H,41,51)(H,42,49)(H,43,50)(H,45,46)/t21-,22-,23-,24-,25-/m0/s1. The van der Waals surface area contributed by atoms with Crippen LogP contribution in [-0.4, -0.2) is 116 Å². The molecule has 0 aromatic rings. The normalized spacial score (nSPS) is 13.8. The highest BCUT2D eigenvalue weighted by Gasteiger charge is 2.31.